The van der Waals surface area contributed by atoms with Crippen LogP contribution in [0.3, 0.4) is 0 Å². The number of unbranched alkanes of at least 4 members (excludes halogenated alkanes) is 1. The van der Waals surface area contributed by atoms with Gasteiger partial charge in [-0.2, -0.15) is 0 Å². The maximum absolute atomic E-state index is 13.6. The van der Waals surface area contributed by atoms with E-state index in [0.29, 0.717) is 23.3 Å². The Morgan fingerprint density at radius 2 is 1.87 bits per heavy atom. The van der Waals surface area contributed by atoms with E-state index < -0.39 is 48.6 Å². The van der Waals surface area contributed by atoms with Gasteiger partial charge in [-0.15, -0.1) is 0 Å². The Balaban J connectivity index is 1.29. The molecule has 3 N–H and O–H groups in total. The molecule has 14 nitrogen and oxygen atoms in total. The van der Waals surface area contributed by atoms with Crippen molar-refractivity contribution in [2.45, 2.75) is 50.6 Å². The molecule has 0 spiro atoms. The molecule has 2 aliphatic rings. The van der Waals surface area contributed by atoms with Gasteiger partial charge in [0.1, 0.15) is 42.6 Å². The first-order chi connectivity index (χ1) is 21.9. The molecular formula is C30H31FN6O8. The number of benzene rings is 2. The van der Waals surface area contributed by atoms with Crippen molar-refractivity contribution in [2.24, 2.45) is 0 Å². The number of carboxylic acids is 1. The number of imidazole rings is 1. The third-order valence-electron chi connectivity index (χ3n) is 7.49. The lowest BCUT2D eigenvalue weighted by Gasteiger charge is -2.22. The van der Waals surface area contributed by atoms with Crippen LogP contribution in [0.4, 0.5) is 15.0 Å². The highest BCUT2D eigenvalue weighted by Gasteiger charge is 2.54. The SMILES string of the molecule is CCCCNC(=O)Nc1ncnc2c1ncn2C1OC(COc2c(OC)cccc2C(=O)O)C2O[C@H](c3ccc(F)cc3)OC21. The average Bonchev–Trinajstić information content (AvgIpc) is 3.75. The first-order valence-corrected chi connectivity index (χ1v) is 14.3. The molecule has 15 heteroatoms. The molecule has 0 aliphatic carbocycles. The zero-order valence-corrected chi connectivity index (χ0v) is 24.4. The molecule has 2 aromatic heterocycles. The lowest BCUT2D eigenvalue weighted by Crippen LogP contribution is -2.33. The number of ether oxygens (including phenoxy) is 5. The summed E-state index contributed by atoms with van der Waals surface area (Å²) in [4.78, 5) is 37.3. The van der Waals surface area contributed by atoms with Gasteiger partial charge in [0.25, 0.3) is 0 Å². The van der Waals surface area contributed by atoms with Crippen LogP contribution in [0.5, 0.6) is 11.5 Å². The monoisotopic (exact) mass is 622 g/mol. The van der Waals surface area contributed by atoms with Gasteiger partial charge in [0.15, 0.2) is 41.0 Å². The first kappa shape index (κ1) is 30.2. The number of urea groups is 1. The van der Waals surface area contributed by atoms with E-state index in [2.05, 4.69) is 25.6 Å². The van der Waals surface area contributed by atoms with E-state index in [4.69, 9.17) is 23.7 Å². The number of rotatable bonds is 11. The maximum Gasteiger partial charge on any atom is 0.339 e. The van der Waals surface area contributed by atoms with Crippen molar-refractivity contribution in [3.05, 3.63) is 72.1 Å². The zero-order chi connectivity index (χ0) is 31.5. The molecule has 4 unspecified atom stereocenters. The van der Waals surface area contributed by atoms with Crippen LogP contribution in [0.1, 0.15) is 48.2 Å². The number of carboxylic acid groups (broad SMARTS) is 1. The molecule has 236 valence electrons. The van der Waals surface area contributed by atoms with Gasteiger partial charge in [-0.3, -0.25) is 9.88 Å². The molecule has 2 aromatic carbocycles. The summed E-state index contributed by atoms with van der Waals surface area (Å²) in [6.07, 6.45) is 0.772. The molecule has 4 aromatic rings. The second-order valence-electron chi connectivity index (χ2n) is 10.4. The number of aromatic carboxylic acids is 1. The number of carbonyl (C=O) groups is 2. The smallest absolute Gasteiger partial charge is 0.339 e. The number of para-hydroxylation sites is 1. The minimum Gasteiger partial charge on any atom is -0.493 e. The molecule has 2 aliphatic heterocycles. The number of hydrogen-bond donors (Lipinski definition) is 3. The number of halogens is 1. The number of anilines is 1. The van der Waals surface area contributed by atoms with Crippen LogP contribution >= 0.6 is 0 Å². The van der Waals surface area contributed by atoms with Crippen LogP contribution in [0, 0.1) is 5.82 Å². The lowest BCUT2D eigenvalue weighted by atomic mass is 10.1. The van der Waals surface area contributed by atoms with Gasteiger partial charge in [-0.05, 0) is 30.7 Å². The Kier molecular flexibility index (Phi) is 8.73. The van der Waals surface area contributed by atoms with Gasteiger partial charge < -0.3 is 34.1 Å². The third kappa shape index (κ3) is 6.09. The number of nitrogens with one attached hydrogen (secondary N) is 2. The van der Waals surface area contributed by atoms with Gasteiger partial charge in [-0.25, -0.2) is 28.9 Å². The summed E-state index contributed by atoms with van der Waals surface area (Å²) in [5, 5.41) is 15.2. The average molecular weight is 623 g/mol. The number of hydrogen-bond acceptors (Lipinski definition) is 10. The molecule has 4 heterocycles. The van der Waals surface area contributed by atoms with Crippen molar-refractivity contribution in [3.63, 3.8) is 0 Å². The number of carbonyl (C=O) groups excluding carboxylic acids is 1. The molecule has 45 heavy (non-hydrogen) atoms. The Hall–Kier alpha value is -4.86. The largest absolute Gasteiger partial charge is 0.493 e. The summed E-state index contributed by atoms with van der Waals surface area (Å²) < 4.78 is 45.6. The zero-order valence-electron chi connectivity index (χ0n) is 24.4. The molecule has 2 amide bonds. The second kappa shape index (κ2) is 13.0. The van der Waals surface area contributed by atoms with Crippen LogP contribution < -0.4 is 20.1 Å². The van der Waals surface area contributed by atoms with E-state index in [1.54, 1.807) is 28.8 Å². The van der Waals surface area contributed by atoms with Crippen molar-refractivity contribution in [1.29, 1.82) is 0 Å². The fourth-order valence-corrected chi connectivity index (χ4v) is 5.29. The number of methoxy groups -OCH3 is 1. The third-order valence-corrected chi connectivity index (χ3v) is 7.49. The Morgan fingerprint density at radius 3 is 2.62 bits per heavy atom. The standard InChI is InChI=1S/C30H31FN6O8/c1-3-4-12-32-30(40)36-25-21-26(34-14-33-25)37(15-35-21)27-24-23(44-29(45-24)16-8-10-17(31)11-9-16)20(43-27)13-42-22-18(28(38)39)6-5-7-19(22)41-2/h5-11,14-15,20,23-24,27,29H,3-4,12-13H2,1-2H3,(H,38,39)(H2,32,33,34,36,40)/t20?,23?,24?,27?,29-/m0/s1. The van der Waals surface area contributed by atoms with Crippen molar-refractivity contribution >= 4 is 29.0 Å². The number of amides is 2. The Labute approximate surface area is 256 Å². The minimum absolute atomic E-state index is 0.0406. The van der Waals surface area contributed by atoms with Crippen LogP contribution in [0.2, 0.25) is 0 Å². The number of aromatic nitrogens is 4. The molecule has 6 rings (SSSR count). The van der Waals surface area contributed by atoms with Crippen molar-refractivity contribution in [2.75, 3.05) is 25.6 Å². The minimum atomic E-state index is -1.18. The van der Waals surface area contributed by atoms with E-state index in [-0.39, 0.29) is 29.5 Å². The predicted molar refractivity (Wildman–Crippen MR) is 155 cm³/mol. The van der Waals surface area contributed by atoms with E-state index in [1.807, 2.05) is 6.92 Å². The molecule has 0 radical (unpaired) electrons. The van der Waals surface area contributed by atoms with Crippen molar-refractivity contribution in [3.8, 4) is 11.5 Å². The quantitative estimate of drug-likeness (QED) is 0.206. The molecule has 2 fully saturated rings. The summed E-state index contributed by atoms with van der Waals surface area (Å²) in [5.74, 6) is -1.09. The highest BCUT2D eigenvalue weighted by atomic mass is 19.1. The lowest BCUT2D eigenvalue weighted by molar-refractivity contribution is -0.152. The number of nitrogens with zero attached hydrogens (tertiary/aromatic N) is 4. The summed E-state index contributed by atoms with van der Waals surface area (Å²) in [7, 11) is 1.41. The van der Waals surface area contributed by atoms with Gasteiger partial charge in [0, 0.05) is 12.1 Å². The fraction of sp³-hybridized carbons (Fsp3) is 0.367. The maximum atomic E-state index is 13.6. The molecular weight excluding hydrogens is 591 g/mol. The topological polar surface area (TPSA) is 168 Å². The van der Waals surface area contributed by atoms with E-state index >= 15 is 0 Å². The summed E-state index contributed by atoms with van der Waals surface area (Å²) in [5.41, 5.74) is 1.22. The highest BCUT2D eigenvalue weighted by Crippen LogP contribution is 2.45. The molecule has 0 bridgehead atoms. The van der Waals surface area contributed by atoms with E-state index in [1.165, 1.54) is 38.0 Å². The summed E-state index contributed by atoms with van der Waals surface area (Å²) in [6, 6.07) is 9.90. The van der Waals surface area contributed by atoms with Crippen LogP contribution in [-0.4, -0.2) is 75.2 Å². The van der Waals surface area contributed by atoms with Gasteiger partial charge >= 0.3 is 12.0 Å². The van der Waals surface area contributed by atoms with E-state index in [0.717, 1.165) is 12.8 Å². The van der Waals surface area contributed by atoms with Crippen molar-refractivity contribution < 1.29 is 42.8 Å². The number of fused-ring (bicyclic) bond motifs is 2. The normalized spacial score (nSPS) is 22.2. The van der Waals surface area contributed by atoms with Crippen LogP contribution in [0.25, 0.3) is 11.2 Å². The first-order valence-electron chi connectivity index (χ1n) is 14.3. The van der Waals surface area contributed by atoms with Gasteiger partial charge in [-0.1, -0.05) is 31.5 Å². The molecule has 0 saturated carbocycles. The molecule has 5 atom stereocenters. The second-order valence-corrected chi connectivity index (χ2v) is 10.4. The van der Waals surface area contributed by atoms with Crippen molar-refractivity contribution in [1.82, 2.24) is 24.8 Å². The Bertz CT molecular complexity index is 1680. The summed E-state index contributed by atoms with van der Waals surface area (Å²) >= 11 is 0. The van der Waals surface area contributed by atoms with Gasteiger partial charge in [0.2, 0.25) is 0 Å². The van der Waals surface area contributed by atoms with Gasteiger partial charge in [0.05, 0.1) is 13.4 Å². The molecule has 2 saturated heterocycles. The Morgan fingerprint density at radius 1 is 1.07 bits per heavy atom. The fourth-order valence-electron chi connectivity index (χ4n) is 5.29. The predicted octanol–water partition coefficient (Wildman–Crippen LogP) is 4.05. The van der Waals surface area contributed by atoms with Crippen LogP contribution in [0.15, 0.2) is 55.1 Å². The van der Waals surface area contributed by atoms with Crippen LogP contribution in [-0.2, 0) is 14.2 Å². The summed E-state index contributed by atoms with van der Waals surface area (Å²) in [6.45, 7) is 2.42. The van der Waals surface area contributed by atoms with E-state index in [9.17, 15) is 19.1 Å². The highest BCUT2D eigenvalue weighted by molar-refractivity contribution is 5.95.